The zero-order valence-corrected chi connectivity index (χ0v) is 9.13. The molecule has 0 amide bonds. The summed E-state index contributed by atoms with van der Waals surface area (Å²) in [4.78, 5) is 10.7. The molecule has 0 radical (unpaired) electrons. The van der Waals surface area contributed by atoms with Crippen LogP contribution in [0.1, 0.15) is 9.67 Å². The molecule has 3 nitrogen and oxygen atoms in total. The summed E-state index contributed by atoms with van der Waals surface area (Å²) in [7, 11) is 0. The standard InChI is InChI=1S/C11H6F2O3S/c12-6-1-2-8(7(13)5-6)16-10-4-3-9(17-10)11(14)15/h1-5H,(H,14,15). The Hall–Kier alpha value is -1.95. The molecule has 6 heteroatoms. The molecule has 0 spiro atoms. The Balaban J connectivity index is 2.22. The number of carboxylic acid groups (broad SMARTS) is 1. The fourth-order valence-corrected chi connectivity index (χ4v) is 1.86. The van der Waals surface area contributed by atoms with Crippen molar-refractivity contribution in [3.63, 3.8) is 0 Å². The van der Waals surface area contributed by atoms with Gasteiger partial charge in [0.25, 0.3) is 0 Å². The van der Waals surface area contributed by atoms with Crippen LogP contribution < -0.4 is 4.74 Å². The molecule has 88 valence electrons. The lowest BCUT2D eigenvalue weighted by Gasteiger charge is -2.03. The van der Waals surface area contributed by atoms with Crippen LogP contribution >= 0.6 is 11.3 Å². The van der Waals surface area contributed by atoms with Gasteiger partial charge in [0.1, 0.15) is 10.7 Å². The summed E-state index contributed by atoms with van der Waals surface area (Å²) in [6.45, 7) is 0. The Labute approximate surface area is 98.9 Å². The SMILES string of the molecule is O=C(O)c1ccc(Oc2ccc(F)cc2F)s1. The van der Waals surface area contributed by atoms with Crippen LogP contribution in [0.15, 0.2) is 30.3 Å². The Morgan fingerprint density at radius 2 is 2.00 bits per heavy atom. The van der Waals surface area contributed by atoms with Crippen LogP contribution in [-0.2, 0) is 0 Å². The first-order chi connectivity index (χ1) is 8.06. The molecule has 0 atom stereocenters. The minimum atomic E-state index is -1.08. The second-order valence-electron chi connectivity index (χ2n) is 3.10. The van der Waals surface area contributed by atoms with Crippen LogP contribution in [0.25, 0.3) is 0 Å². The Morgan fingerprint density at radius 3 is 2.59 bits per heavy atom. The van der Waals surface area contributed by atoms with Gasteiger partial charge in [0.15, 0.2) is 16.6 Å². The van der Waals surface area contributed by atoms with E-state index >= 15 is 0 Å². The molecule has 0 unspecified atom stereocenters. The first kappa shape index (κ1) is 11.5. The fraction of sp³-hybridized carbons (Fsp3) is 0. The molecule has 0 saturated carbocycles. The van der Waals surface area contributed by atoms with Crippen LogP contribution in [0.3, 0.4) is 0 Å². The van der Waals surface area contributed by atoms with E-state index in [0.717, 1.165) is 23.5 Å². The van der Waals surface area contributed by atoms with Gasteiger partial charge in [0, 0.05) is 6.07 Å². The molecule has 0 saturated heterocycles. The molecule has 1 aromatic heterocycles. The Kier molecular flexibility index (Phi) is 3.06. The Bertz CT molecular complexity index is 566. The van der Waals surface area contributed by atoms with Crippen molar-refractivity contribution in [2.75, 3.05) is 0 Å². The van der Waals surface area contributed by atoms with E-state index in [-0.39, 0.29) is 15.7 Å². The predicted octanol–water partition coefficient (Wildman–Crippen LogP) is 3.52. The zero-order valence-electron chi connectivity index (χ0n) is 8.31. The van der Waals surface area contributed by atoms with E-state index in [4.69, 9.17) is 9.84 Å². The number of hydrogen-bond acceptors (Lipinski definition) is 3. The van der Waals surface area contributed by atoms with Crippen molar-refractivity contribution in [3.8, 4) is 10.8 Å². The van der Waals surface area contributed by atoms with Crippen molar-refractivity contribution in [2.24, 2.45) is 0 Å². The molecule has 17 heavy (non-hydrogen) atoms. The monoisotopic (exact) mass is 256 g/mol. The molecule has 2 rings (SSSR count). The van der Waals surface area contributed by atoms with Crippen LogP contribution in [0, 0.1) is 11.6 Å². The normalized spacial score (nSPS) is 10.2. The maximum atomic E-state index is 13.2. The predicted molar refractivity (Wildman–Crippen MR) is 57.7 cm³/mol. The maximum absolute atomic E-state index is 13.2. The van der Waals surface area contributed by atoms with Gasteiger partial charge in [-0.25, -0.2) is 13.6 Å². The van der Waals surface area contributed by atoms with E-state index < -0.39 is 17.6 Å². The third kappa shape index (κ3) is 2.59. The van der Waals surface area contributed by atoms with E-state index in [0.29, 0.717) is 6.07 Å². The first-order valence-electron chi connectivity index (χ1n) is 4.52. The molecule has 0 bridgehead atoms. The minimum absolute atomic E-state index is 0.0857. The number of benzene rings is 1. The average molecular weight is 256 g/mol. The first-order valence-corrected chi connectivity index (χ1v) is 5.34. The summed E-state index contributed by atoms with van der Waals surface area (Å²) in [6.07, 6.45) is 0. The van der Waals surface area contributed by atoms with E-state index in [9.17, 15) is 13.6 Å². The third-order valence-corrected chi connectivity index (χ3v) is 2.85. The van der Waals surface area contributed by atoms with Crippen molar-refractivity contribution < 1.29 is 23.4 Å². The highest BCUT2D eigenvalue weighted by Gasteiger charge is 2.10. The number of halogens is 2. The van der Waals surface area contributed by atoms with Crippen molar-refractivity contribution in [2.45, 2.75) is 0 Å². The number of rotatable bonds is 3. The van der Waals surface area contributed by atoms with E-state index in [1.165, 1.54) is 12.1 Å². The smallest absolute Gasteiger partial charge is 0.345 e. The minimum Gasteiger partial charge on any atom is -0.477 e. The zero-order chi connectivity index (χ0) is 12.4. The summed E-state index contributed by atoms with van der Waals surface area (Å²) in [5, 5.41) is 8.92. The lowest BCUT2D eigenvalue weighted by Crippen LogP contribution is -1.89. The van der Waals surface area contributed by atoms with E-state index in [2.05, 4.69) is 0 Å². The number of thiophene rings is 1. The Morgan fingerprint density at radius 1 is 1.24 bits per heavy atom. The lowest BCUT2D eigenvalue weighted by atomic mass is 10.3. The number of carbonyl (C=O) groups is 1. The quantitative estimate of drug-likeness (QED) is 0.913. The topological polar surface area (TPSA) is 46.5 Å². The summed E-state index contributed by atoms with van der Waals surface area (Å²) in [5.41, 5.74) is 0. The number of hydrogen-bond donors (Lipinski definition) is 1. The van der Waals surface area contributed by atoms with Crippen LogP contribution in [-0.4, -0.2) is 11.1 Å². The molecule has 1 heterocycles. The van der Waals surface area contributed by atoms with Crippen molar-refractivity contribution in [1.82, 2.24) is 0 Å². The molecule has 0 fully saturated rings. The fourth-order valence-electron chi connectivity index (χ4n) is 1.16. The molecule has 0 aliphatic heterocycles. The highest BCUT2D eigenvalue weighted by Crippen LogP contribution is 2.31. The van der Waals surface area contributed by atoms with Gasteiger partial charge in [-0.15, -0.1) is 0 Å². The summed E-state index contributed by atoms with van der Waals surface area (Å²) in [6, 6.07) is 5.66. The van der Waals surface area contributed by atoms with Crippen molar-refractivity contribution in [3.05, 3.63) is 46.8 Å². The van der Waals surface area contributed by atoms with Crippen molar-refractivity contribution in [1.29, 1.82) is 0 Å². The van der Waals surface area contributed by atoms with E-state index in [1.54, 1.807) is 0 Å². The highest BCUT2D eigenvalue weighted by molar-refractivity contribution is 7.15. The van der Waals surface area contributed by atoms with Gasteiger partial charge >= 0.3 is 5.97 Å². The summed E-state index contributed by atoms with van der Waals surface area (Å²) < 4.78 is 31.0. The number of aromatic carboxylic acids is 1. The molecule has 2 aromatic rings. The third-order valence-electron chi connectivity index (χ3n) is 1.90. The summed E-state index contributed by atoms with van der Waals surface area (Å²) >= 11 is 0.867. The molecule has 0 aliphatic carbocycles. The van der Waals surface area contributed by atoms with Crippen LogP contribution in [0.5, 0.6) is 10.8 Å². The van der Waals surface area contributed by atoms with Gasteiger partial charge in [-0.1, -0.05) is 11.3 Å². The molecule has 1 aromatic carbocycles. The second kappa shape index (κ2) is 4.50. The lowest BCUT2D eigenvalue weighted by molar-refractivity contribution is 0.0702. The van der Waals surface area contributed by atoms with Gasteiger partial charge in [0.2, 0.25) is 0 Å². The van der Waals surface area contributed by atoms with Crippen LogP contribution in [0.4, 0.5) is 8.78 Å². The molecule has 0 aliphatic rings. The van der Waals surface area contributed by atoms with E-state index in [1.807, 2.05) is 0 Å². The maximum Gasteiger partial charge on any atom is 0.345 e. The van der Waals surface area contributed by atoms with Crippen LogP contribution in [0.2, 0.25) is 0 Å². The highest BCUT2D eigenvalue weighted by atomic mass is 32.1. The molecule has 1 N–H and O–H groups in total. The largest absolute Gasteiger partial charge is 0.477 e. The second-order valence-corrected chi connectivity index (χ2v) is 4.15. The molecular weight excluding hydrogens is 250 g/mol. The van der Waals surface area contributed by atoms with Gasteiger partial charge in [-0.3, -0.25) is 0 Å². The van der Waals surface area contributed by atoms with Gasteiger partial charge in [-0.2, -0.15) is 0 Å². The average Bonchev–Trinajstić information content (AvgIpc) is 2.71. The van der Waals surface area contributed by atoms with Gasteiger partial charge in [-0.05, 0) is 24.3 Å². The van der Waals surface area contributed by atoms with Gasteiger partial charge < -0.3 is 9.84 Å². The van der Waals surface area contributed by atoms with Gasteiger partial charge in [0.05, 0.1) is 0 Å². The number of carboxylic acids is 1. The van der Waals surface area contributed by atoms with Crippen molar-refractivity contribution >= 4 is 17.3 Å². The number of ether oxygens (including phenoxy) is 1. The molecular formula is C11H6F2O3S. The summed E-state index contributed by atoms with van der Waals surface area (Å²) in [5.74, 6) is -2.77.